The Morgan fingerprint density at radius 2 is 1.73 bits per heavy atom. The summed E-state index contributed by atoms with van der Waals surface area (Å²) in [5.41, 5.74) is 5.99. The Morgan fingerprint density at radius 1 is 1.03 bits per heavy atom. The summed E-state index contributed by atoms with van der Waals surface area (Å²) in [7, 11) is 1.66. The number of carbonyl (C=O) groups is 1. The van der Waals surface area contributed by atoms with Crippen molar-refractivity contribution in [3.05, 3.63) is 64.3 Å². The molecule has 0 bridgehead atoms. The monoisotopic (exact) mass is 463 g/mol. The van der Waals surface area contributed by atoms with E-state index in [0.717, 1.165) is 64.2 Å². The second-order valence-corrected chi connectivity index (χ2v) is 8.58. The van der Waals surface area contributed by atoms with Gasteiger partial charge in [-0.3, -0.25) is 4.79 Å². The van der Waals surface area contributed by atoms with Gasteiger partial charge in [-0.25, -0.2) is 4.52 Å². The maximum Gasteiger partial charge on any atom is 0.178 e. The number of ketones is 1. The molecule has 4 aromatic rings. The molecule has 2 aromatic heterocycles. The second kappa shape index (κ2) is 7.43. The minimum absolute atomic E-state index is 0.0228. The fourth-order valence-electron chi connectivity index (χ4n) is 4.44. The molecule has 152 valence electrons. The molecular formula is C24H22BrN3O2. The van der Waals surface area contributed by atoms with Gasteiger partial charge in [0.1, 0.15) is 17.1 Å². The molecule has 1 aliphatic rings. The predicted molar refractivity (Wildman–Crippen MR) is 121 cm³/mol. The molecule has 6 heteroatoms. The van der Waals surface area contributed by atoms with Crippen LogP contribution in [0.2, 0.25) is 0 Å². The van der Waals surface area contributed by atoms with E-state index in [1.165, 1.54) is 5.56 Å². The maximum atomic E-state index is 12.8. The lowest BCUT2D eigenvalue weighted by molar-refractivity contribution is 0.101. The van der Waals surface area contributed by atoms with Gasteiger partial charge >= 0.3 is 0 Å². The van der Waals surface area contributed by atoms with E-state index in [4.69, 9.17) is 9.84 Å². The summed E-state index contributed by atoms with van der Waals surface area (Å²) in [6.45, 7) is 2.52. The van der Waals surface area contributed by atoms with Crippen LogP contribution in [0.25, 0.3) is 28.2 Å². The molecule has 2 aromatic carbocycles. The highest BCUT2D eigenvalue weighted by Crippen LogP contribution is 2.38. The molecule has 0 spiro atoms. The first-order chi connectivity index (χ1) is 14.6. The van der Waals surface area contributed by atoms with Crippen molar-refractivity contribution in [2.75, 3.05) is 7.11 Å². The number of hydrogen-bond donors (Lipinski definition) is 0. The molecule has 1 aliphatic heterocycles. The van der Waals surface area contributed by atoms with E-state index >= 15 is 0 Å². The van der Waals surface area contributed by atoms with Crippen molar-refractivity contribution in [3.8, 4) is 28.3 Å². The molecule has 5 rings (SSSR count). The third-order valence-electron chi connectivity index (χ3n) is 5.80. The Morgan fingerprint density at radius 3 is 2.40 bits per heavy atom. The fraction of sp³-hybridized carbons (Fsp3) is 0.250. The lowest BCUT2D eigenvalue weighted by atomic mass is 9.97. The molecular weight excluding hydrogens is 442 g/mol. The van der Waals surface area contributed by atoms with Crippen molar-refractivity contribution >= 4 is 27.4 Å². The van der Waals surface area contributed by atoms with Crippen molar-refractivity contribution in [3.63, 3.8) is 0 Å². The third-order valence-corrected chi connectivity index (χ3v) is 6.33. The van der Waals surface area contributed by atoms with Crippen LogP contribution in [-0.2, 0) is 13.0 Å². The van der Waals surface area contributed by atoms with Crippen LogP contribution in [0, 0.1) is 0 Å². The number of aryl methyl sites for hydroxylation is 2. The highest BCUT2D eigenvalue weighted by molar-refractivity contribution is 9.10. The number of methoxy groups -OCH3 is 1. The van der Waals surface area contributed by atoms with Crippen LogP contribution >= 0.6 is 15.9 Å². The molecule has 5 nitrogen and oxygen atoms in total. The van der Waals surface area contributed by atoms with E-state index < -0.39 is 0 Å². The molecule has 0 amide bonds. The van der Waals surface area contributed by atoms with Gasteiger partial charge in [-0.1, -0.05) is 40.2 Å². The van der Waals surface area contributed by atoms with Crippen molar-refractivity contribution < 1.29 is 9.53 Å². The van der Waals surface area contributed by atoms with Gasteiger partial charge < -0.3 is 9.30 Å². The molecule has 0 saturated heterocycles. The highest BCUT2D eigenvalue weighted by atomic mass is 79.9. The van der Waals surface area contributed by atoms with Crippen LogP contribution in [0.15, 0.2) is 53.0 Å². The van der Waals surface area contributed by atoms with Crippen LogP contribution in [0.4, 0.5) is 0 Å². The summed E-state index contributed by atoms with van der Waals surface area (Å²) in [5.74, 6) is 1.73. The number of Topliss-reactive ketones (excluding diaryl/α,β-unsaturated/α-hetero) is 1. The van der Waals surface area contributed by atoms with Gasteiger partial charge in [-0.05, 0) is 49.1 Å². The molecule has 30 heavy (non-hydrogen) atoms. The topological polar surface area (TPSA) is 48.5 Å². The summed E-state index contributed by atoms with van der Waals surface area (Å²) in [6, 6.07) is 16.1. The van der Waals surface area contributed by atoms with Crippen LogP contribution in [0.3, 0.4) is 0 Å². The molecule has 0 N–H and O–H groups in total. The van der Waals surface area contributed by atoms with Gasteiger partial charge in [-0.15, -0.1) is 5.10 Å². The number of halogens is 1. The zero-order chi connectivity index (χ0) is 20.8. The van der Waals surface area contributed by atoms with Gasteiger partial charge in [0, 0.05) is 34.6 Å². The molecule has 0 fully saturated rings. The zero-order valence-corrected chi connectivity index (χ0v) is 18.6. The van der Waals surface area contributed by atoms with Crippen molar-refractivity contribution in [1.82, 2.24) is 14.2 Å². The average molecular weight is 464 g/mol. The largest absolute Gasteiger partial charge is 0.497 e. The first kappa shape index (κ1) is 19.1. The molecule has 0 radical (unpaired) electrons. The average Bonchev–Trinajstić information content (AvgIpc) is 3.17. The first-order valence-corrected chi connectivity index (χ1v) is 10.9. The fourth-order valence-corrected chi connectivity index (χ4v) is 4.71. The van der Waals surface area contributed by atoms with E-state index in [9.17, 15) is 4.79 Å². The predicted octanol–water partition coefficient (Wildman–Crippen LogP) is 5.78. The first-order valence-electron chi connectivity index (χ1n) is 10.1. The Kier molecular flexibility index (Phi) is 4.74. The van der Waals surface area contributed by atoms with E-state index in [0.29, 0.717) is 5.69 Å². The third kappa shape index (κ3) is 2.98. The minimum atomic E-state index is 0.0228. The lowest BCUT2D eigenvalue weighted by Crippen LogP contribution is -2.02. The molecule has 3 heterocycles. The van der Waals surface area contributed by atoms with Crippen LogP contribution < -0.4 is 4.74 Å². The number of benzene rings is 2. The Hall–Kier alpha value is -2.86. The summed E-state index contributed by atoms with van der Waals surface area (Å²) in [6.07, 6.45) is 3.10. The summed E-state index contributed by atoms with van der Waals surface area (Å²) in [5, 5.41) is 4.95. The van der Waals surface area contributed by atoms with E-state index in [2.05, 4.69) is 32.6 Å². The standard InChI is InChI=1S/C24H22BrN3O2/c1-15(29)22-21(16-8-12-19(30-2)13-9-16)20-5-3-4-14-27-23(26-28(22)24(20)27)17-6-10-18(25)11-7-17/h6-13H,3-5,14H2,1-2H3. The van der Waals surface area contributed by atoms with Gasteiger partial charge in [-0.2, -0.15) is 0 Å². The van der Waals surface area contributed by atoms with Crippen molar-refractivity contribution in [2.24, 2.45) is 0 Å². The number of hydrogen-bond acceptors (Lipinski definition) is 3. The summed E-state index contributed by atoms with van der Waals surface area (Å²) >= 11 is 3.51. The molecule has 0 atom stereocenters. The Balaban J connectivity index is 1.81. The highest BCUT2D eigenvalue weighted by Gasteiger charge is 2.29. The molecule has 0 saturated carbocycles. The smallest absolute Gasteiger partial charge is 0.178 e. The van der Waals surface area contributed by atoms with E-state index in [-0.39, 0.29) is 5.78 Å². The summed E-state index contributed by atoms with van der Waals surface area (Å²) < 4.78 is 10.5. The molecule has 0 unspecified atom stereocenters. The number of ether oxygens (including phenoxy) is 1. The lowest BCUT2D eigenvalue weighted by Gasteiger charge is -2.08. The minimum Gasteiger partial charge on any atom is -0.497 e. The quantitative estimate of drug-likeness (QED) is 0.360. The SMILES string of the molecule is COc1ccc(-c2c3c4n(c(-c5ccc(Br)cc5)nn4c2C(C)=O)CCCC3)cc1. The van der Waals surface area contributed by atoms with Crippen molar-refractivity contribution in [2.45, 2.75) is 32.7 Å². The maximum absolute atomic E-state index is 12.8. The van der Waals surface area contributed by atoms with Gasteiger partial charge in [0.15, 0.2) is 11.6 Å². The van der Waals surface area contributed by atoms with Gasteiger partial charge in [0.2, 0.25) is 0 Å². The van der Waals surface area contributed by atoms with Crippen LogP contribution in [0.5, 0.6) is 5.75 Å². The molecule has 0 aliphatic carbocycles. The Bertz CT molecular complexity index is 1250. The summed E-state index contributed by atoms with van der Waals surface area (Å²) in [4.78, 5) is 12.8. The Labute approximate surface area is 183 Å². The zero-order valence-electron chi connectivity index (χ0n) is 17.0. The number of carbonyl (C=O) groups excluding carboxylic acids is 1. The second-order valence-electron chi connectivity index (χ2n) is 7.66. The van der Waals surface area contributed by atoms with E-state index in [1.54, 1.807) is 14.0 Å². The van der Waals surface area contributed by atoms with Crippen LogP contribution in [-0.4, -0.2) is 27.1 Å². The number of nitrogens with zero attached hydrogens (tertiary/aromatic N) is 3. The van der Waals surface area contributed by atoms with Crippen LogP contribution in [0.1, 0.15) is 35.8 Å². The van der Waals surface area contributed by atoms with Crippen molar-refractivity contribution in [1.29, 1.82) is 0 Å². The van der Waals surface area contributed by atoms with Gasteiger partial charge in [0.05, 0.1) is 7.11 Å². The van der Waals surface area contributed by atoms with E-state index in [1.807, 2.05) is 40.9 Å². The normalized spacial score (nSPS) is 13.4. The van der Waals surface area contributed by atoms with Gasteiger partial charge in [0.25, 0.3) is 0 Å². The number of aromatic nitrogens is 3. The number of rotatable bonds is 4.